The van der Waals surface area contributed by atoms with E-state index >= 15 is 0 Å². The smallest absolute Gasteiger partial charge is 0.387 e. The number of benzene rings is 1. The maximum atomic E-state index is 12.3. The molecule has 0 aliphatic rings. The molecule has 1 N–H and O–H groups in total. The molecule has 0 aliphatic heterocycles. The molecule has 1 unspecified atom stereocenters. The molecule has 0 radical (unpaired) electrons. The molecule has 0 saturated heterocycles. The Labute approximate surface area is 126 Å². The second-order valence-corrected chi connectivity index (χ2v) is 7.44. The van der Waals surface area contributed by atoms with Gasteiger partial charge < -0.3 is 10.1 Å². The summed E-state index contributed by atoms with van der Waals surface area (Å²) in [5.74, 6) is 0.199. The van der Waals surface area contributed by atoms with Crippen molar-refractivity contribution in [3.8, 4) is 5.75 Å². The number of ether oxygens (including phenoxy) is 1. The van der Waals surface area contributed by atoms with Gasteiger partial charge in [0.1, 0.15) is 5.75 Å². The van der Waals surface area contributed by atoms with Crippen molar-refractivity contribution in [1.29, 1.82) is 0 Å². The predicted molar refractivity (Wildman–Crippen MR) is 82.8 cm³/mol. The first kappa shape index (κ1) is 17.9. The molecule has 1 aromatic carbocycles. The number of rotatable bonds is 6. The number of halogens is 2. The molecule has 0 amide bonds. The van der Waals surface area contributed by atoms with E-state index in [2.05, 4.69) is 44.7 Å². The molecular formula is C17H27F2NO. The second kappa shape index (κ2) is 6.73. The molecule has 0 aliphatic carbocycles. The van der Waals surface area contributed by atoms with Crippen LogP contribution in [-0.4, -0.2) is 12.2 Å². The zero-order valence-electron chi connectivity index (χ0n) is 13.8. The van der Waals surface area contributed by atoms with E-state index in [0.717, 1.165) is 12.0 Å². The standard InChI is InChI=1S/C17H27F2NO/c1-12(20-17(5,6)11-16(2,3)4)13-8-7-9-14(10-13)21-15(18)19/h7-10,12,15,20H,11H2,1-6H3. The van der Waals surface area contributed by atoms with Gasteiger partial charge in [0.25, 0.3) is 0 Å². The monoisotopic (exact) mass is 299 g/mol. The van der Waals surface area contributed by atoms with Crippen molar-refractivity contribution in [3.63, 3.8) is 0 Å². The van der Waals surface area contributed by atoms with Crippen LogP contribution < -0.4 is 10.1 Å². The van der Waals surface area contributed by atoms with Gasteiger partial charge in [-0.05, 0) is 50.3 Å². The summed E-state index contributed by atoms with van der Waals surface area (Å²) in [4.78, 5) is 0. The van der Waals surface area contributed by atoms with E-state index in [0.29, 0.717) is 0 Å². The van der Waals surface area contributed by atoms with Crippen molar-refractivity contribution in [3.05, 3.63) is 29.8 Å². The van der Waals surface area contributed by atoms with Gasteiger partial charge in [0.2, 0.25) is 0 Å². The van der Waals surface area contributed by atoms with Crippen LogP contribution in [0.3, 0.4) is 0 Å². The molecule has 0 heterocycles. The highest BCUT2D eigenvalue weighted by Gasteiger charge is 2.27. The van der Waals surface area contributed by atoms with Gasteiger partial charge >= 0.3 is 6.61 Å². The van der Waals surface area contributed by atoms with Crippen molar-refractivity contribution in [2.75, 3.05) is 0 Å². The fourth-order valence-electron chi connectivity index (χ4n) is 3.01. The van der Waals surface area contributed by atoms with Crippen LogP contribution in [0.25, 0.3) is 0 Å². The SMILES string of the molecule is CC(NC(C)(C)CC(C)(C)C)c1cccc(OC(F)F)c1. The summed E-state index contributed by atoms with van der Waals surface area (Å²) in [5, 5.41) is 3.57. The van der Waals surface area contributed by atoms with Crippen LogP contribution in [0.15, 0.2) is 24.3 Å². The Hall–Kier alpha value is -1.16. The van der Waals surface area contributed by atoms with E-state index in [4.69, 9.17) is 0 Å². The molecule has 0 spiro atoms. The summed E-state index contributed by atoms with van der Waals surface area (Å²) in [7, 11) is 0. The molecular weight excluding hydrogens is 272 g/mol. The number of hydrogen-bond donors (Lipinski definition) is 1. The Morgan fingerprint density at radius 2 is 1.76 bits per heavy atom. The summed E-state index contributed by atoms with van der Waals surface area (Å²) >= 11 is 0. The zero-order chi connectivity index (χ0) is 16.3. The summed E-state index contributed by atoms with van der Waals surface area (Å²) in [6.07, 6.45) is 1.01. The molecule has 0 bridgehead atoms. The normalized spacial score (nSPS) is 14.3. The second-order valence-electron chi connectivity index (χ2n) is 7.44. The molecule has 21 heavy (non-hydrogen) atoms. The first-order valence-electron chi connectivity index (χ1n) is 7.31. The van der Waals surface area contributed by atoms with Crippen LogP contribution >= 0.6 is 0 Å². The zero-order valence-corrected chi connectivity index (χ0v) is 13.8. The van der Waals surface area contributed by atoms with Gasteiger partial charge in [-0.3, -0.25) is 0 Å². The van der Waals surface area contributed by atoms with E-state index in [-0.39, 0.29) is 22.7 Å². The quantitative estimate of drug-likeness (QED) is 0.784. The predicted octanol–water partition coefficient (Wildman–Crippen LogP) is 5.15. The van der Waals surface area contributed by atoms with Crippen molar-refractivity contribution >= 4 is 0 Å². The number of hydrogen-bond acceptors (Lipinski definition) is 2. The molecule has 1 atom stereocenters. The first-order chi connectivity index (χ1) is 9.48. The molecule has 1 rings (SSSR count). The Morgan fingerprint density at radius 3 is 2.29 bits per heavy atom. The molecule has 0 aromatic heterocycles. The van der Waals surface area contributed by atoms with E-state index < -0.39 is 6.61 Å². The Balaban J connectivity index is 2.77. The maximum Gasteiger partial charge on any atom is 0.387 e. The minimum atomic E-state index is -2.79. The summed E-state index contributed by atoms with van der Waals surface area (Å²) in [5.41, 5.74) is 1.11. The van der Waals surface area contributed by atoms with Crippen LogP contribution in [0.1, 0.15) is 59.6 Å². The minimum absolute atomic E-state index is 0.0444. The lowest BCUT2D eigenvalue weighted by Crippen LogP contribution is -2.43. The van der Waals surface area contributed by atoms with Gasteiger partial charge in [-0.1, -0.05) is 32.9 Å². The summed E-state index contributed by atoms with van der Waals surface area (Å²) in [6, 6.07) is 6.92. The Morgan fingerprint density at radius 1 is 1.14 bits per heavy atom. The van der Waals surface area contributed by atoms with Gasteiger partial charge in [-0.25, -0.2) is 0 Å². The summed E-state index contributed by atoms with van der Waals surface area (Å²) in [6.45, 7) is 10.2. The topological polar surface area (TPSA) is 21.3 Å². The van der Waals surface area contributed by atoms with Crippen LogP contribution in [0.5, 0.6) is 5.75 Å². The highest BCUT2D eigenvalue weighted by molar-refractivity contribution is 5.30. The maximum absolute atomic E-state index is 12.3. The van der Waals surface area contributed by atoms with E-state index in [1.165, 1.54) is 0 Å². The van der Waals surface area contributed by atoms with Crippen molar-refractivity contribution in [1.82, 2.24) is 5.32 Å². The van der Waals surface area contributed by atoms with E-state index in [9.17, 15) is 8.78 Å². The van der Waals surface area contributed by atoms with Gasteiger partial charge in [-0.15, -0.1) is 0 Å². The third kappa shape index (κ3) is 6.89. The van der Waals surface area contributed by atoms with Gasteiger partial charge in [0.15, 0.2) is 0 Å². The van der Waals surface area contributed by atoms with Crippen molar-refractivity contribution in [2.24, 2.45) is 5.41 Å². The van der Waals surface area contributed by atoms with Crippen LogP contribution in [0.2, 0.25) is 0 Å². The fraction of sp³-hybridized carbons (Fsp3) is 0.647. The molecule has 0 saturated carbocycles. The minimum Gasteiger partial charge on any atom is -0.435 e. The highest BCUT2D eigenvalue weighted by Crippen LogP contribution is 2.29. The molecule has 0 fully saturated rings. The Kier molecular flexibility index (Phi) is 5.74. The van der Waals surface area contributed by atoms with E-state index in [1.807, 2.05) is 13.0 Å². The lowest BCUT2D eigenvalue weighted by Gasteiger charge is -2.36. The average molecular weight is 299 g/mol. The molecule has 4 heteroatoms. The van der Waals surface area contributed by atoms with Crippen molar-refractivity contribution < 1.29 is 13.5 Å². The average Bonchev–Trinajstić information content (AvgIpc) is 2.24. The molecule has 2 nitrogen and oxygen atoms in total. The van der Waals surface area contributed by atoms with Gasteiger partial charge in [0, 0.05) is 11.6 Å². The molecule has 1 aromatic rings. The summed E-state index contributed by atoms with van der Waals surface area (Å²) < 4.78 is 29.0. The molecule has 120 valence electrons. The first-order valence-corrected chi connectivity index (χ1v) is 7.31. The number of alkyl halides is 2. The Bertz CT molecular complexity index is 452. The van der Waals surface area contributed by atoms with E-state index in [1.54, 1.807) is 18.2 Å². The lowest BCUT2D eigenvalue weighted by atomic mass is 9.81. The van der Waals surface area contributed by atoms with Gasteiger partial charge in [-0.2, -0.15) is 8.78 Å². The van der Waals surface area contributed by atoms with Crippen LogP contribution in [0.4, 0.5) is 8.78 Å². The number of nitrogens with one attached hydrogen (secondary N) is 1. The van der Waals surface area contributed by atoms with Crippen LogP contribution in [-0.2, 0) is 0 Å². The van der Waals surface area contributed by atoms with Crippen LogP contribution in [0, 0.1) is 5.41 Å². The lowest BCUT2D eigenvalue weighted by molar-refractivity contribution is -0.0499. The third-order valence-corrected chi connectivity index (χ3v) is 3.16. The fourth-order valence-corrected chi connectivity index (χ4v) is 3.01. The highest BCUT2D eigenvalue weighted by atomic mass is 19.3. The van der Waals surface area contributed by atoms with Gasteiger partial charge in [0.05, 0.1) is 0 Å². The third-order valence-electron chi connectivity index (χ3n) is 3.16. The largest absolute Gasteiger partial charge is 0.435 e. The van der Waals surface area contributed by atoms with Crippen molar-refractivity contribution in [2.45, 2.75) is 66.2 Å².